The number of nitrogens with zero attached hydrogens (tertiary/aromatic N) is 4. The molecular weight excluding hydrogens is 897 g/mol. The van der Waals surface area contributed by atoms with E-state index in [1.54, 1.807) is 0 Å². The molecule has 0 bridgehead atoms. The summed E-state index contributed by atoms with van der Waals surface area (Å²) in [6.07, 6.45) is 16.5. The summed E-state index contributed by atoms with van der Waals surface area (Å²) in [4.78, 5) is 13.7. The molecule has 11 aromatic rings. The summed E-state index contributed by atoms with van der Waals surface area (Å²) in [5.74, 6) is 0. The molecule has 2 heterocycles. The van der Waals surface area contributed by atoms with Gasteiger partial charge in [0.05, 0.1) is 23.8 Å². The van der Waals surface area contributed by atoms with Gasteiger partial charge in [0.1, 0.15) is 0 Å². The van der Waals surface area contributed by atoms with Crippen LogP contribution in [-0.4, -0.2) is 9.97 Å². The number of hydrogen-bond donors (Lipinski definition) is 0. The van der Waals surface area contributed by atoms with Crippen LogP contribution in [0.2, 0.25) is 0 Å². The topological polar surface area (TPSA) is 32.3 Å². The fraction of sp³-hybridized carbons (Fsp3) is 0.0857. The molecule has 74 heavy (non-hydrogen) atoms. The van der Waals surface area contributed by atoms with Crippen LogP contribution in [0.25, 0.3) is 68.1 Å². The number of fused-ring (bicyclic) bond motifs is 8. The van der Waals surface area contributed by atoms with Crippen molar-refractivity contribution in [3.8, 4) is 22.3 Å². The number of aromatic nitrogens is 2. The van der Waals surface area contributed by atoms with Crippen LogP contribution in [-0.2, 0) is 10.8 Å². The number of pyridine rings is 2. The van der Waals surface area contributed by atoms with E-state index < -0.39 is 0 Å². The SMILES string of the molecule is CC1(C)c2cc(/C=C/c3ccc(/C=C/c4ccc5c(c4)C(C)(C)c4cc(N(c6cccnc6)c6ccc7ccccc7c6)ccc4-5)cc3)ccc2-c2ccc(N(c3cccnc3)c3ccc4ccccc4c3)cc21. The second-order valence-corrected chi connectivity index (χ2v) is 20.8. The molecule has 0 aliphatic heterocycles. The Kier molecular flexibility index (Phi) is 10.8. The first-order valence-electron chi connectivity index (χ1n) is 25.6. The Balaban J connectivity index is 0.719. The van der Waals surface area contributed by atoms with Gasteiger partial charge in [-0.1, -0.05) is 185 Å². The number of rotatable bonds is 10. The van der Waals surface area contributed by atoms with Crippen molar-refractivity contribution in [3.63, 3.8) is 0 Å². The Bertz CT molecular complexity index is 3750. The molecule has 0 N–H and O–H groups in total. The third kappa shape index (κ3) is 7.87. The van der Waals surface area contributed by atoms with Gasteiger partial charge in [0, 0.05) is 46.0 Å². The normalized spacial score (nSPS) is 13.8. The minimum atomic E-state index is -0.188. The fourth-order valence-corrected chi connectivity index (χ4v) is 11.6. The second-order valence-electron chi connectivity index (χ2n) is 20.8. The van der Waals surface area contributed by atoms with E-state index in [1.807, 2.05) is 36.9 Å². The Morgan fingerprint density at radius 2 is 0.635 bits per heavy atom. The maximum atomic E-state index is 4.51. The van der Waals surface area contributed by atoms with Crippen LogP contribution >= 0.6 is 0 Å². The molecule has 9 aromatic carbocycles. The van der Waals surface area contributed by atoms with Crippen LogP contribution in [0, 0.1) is 0 Å². The van der Waals surface area contributed by atoms with Crippen molar-refractivity contribution in [1.82, 2.24) is 9.97 Å². The predicted octanol–water partition coefficient (Wildman–Crippen LogP) is 18.7. The third-order valence-corrected chi connectivity index (χ3v) is 15.5. The van der Waals surface area contributed by atoms with Crippen LogP contribution in [0.1, 0.15) is 72.2 Å². The molecule has 0 fully saturated rings. The van der Waals surface area contributed by atoms with Crippen LogP contribution in [0.5, 0.6) is 0 Å². The zero-order valence-electron chi connectivity index (χ0n) is 42.0. The molecule has 0 amide bonds. The van der Waals surface area contributed by atoms with Gasteiger partial charge in [-0.2, -0.15) is 0 Å². The van der Waals surface area contributed by atoms with Crippen LogP contribution in [0.4, 0.5) is 34.1 Å². The zero-order chi connectivity index (χ0) is 50.0. The number of hydrogen-bond acceptors (Lipinski definition) is 4. The maximum absolute atomic E-state index is 4.51. The Morgan fingerprint density at radius 1 is 0.297 bits per heavy atom. The van der Waals surface area contributed by atoms with E-state index in [2.05, 4.69) is 266 Å². The predicted molar refractivity (Wildman–Crippen MR) is 312 cm³/mol. The number of benzene rings is 9. The number of anilines is 6. The molecule has 13 rings (SSSR count). The van der Waals surface area contributed by atoms with Crippen molar-refractivity contribution in [2.75, 3.05) is 9.80 Å². The quantitative estimate of drug-likeness (QED) is 0.128. The summed E-state index contributed by atoms with van der Waals surface area (Å²) in [6.45, 7) is 9.43. The Hall–Kier alpha value is -9.12. The lowest BCUT2D eigenvalue weighted by molar-refractivity contribution is 0.660. The molecule has 354 valence electrons. The van der Waals surface area contributed by atoms with Gasteiger partial charge in [-0.25, -0.2) is 0 Å². The van der Waals surface area contributed by atoms with E-state index in [0.29, 0.717) is 0 Å². The first-order valence-corrected chi connectivity index (χ1v) is 25.6. The Labute approximate surface area is 433 Å². The van der Waals surface area contributed by atoms with Gasteiger partial charge in [0.2, 0.25) is 0 Å². The van der Waals surface area contributed by atoms with Crippen molar-refractivity contribution >= 4 is 80.0 Å². The van der Waals surface area contributed by atoms with Gasteiger partial charge in [-0.05, 0) is 161 Å². The molecule has 0 radical (unpaired) electrons. The molecule has 4 nitrogen and oxygen atoms in total. The van der Waals surface area contributed by atoms with E-state index in [-0.39, 0.29) is 10.8 Å². The highest BCUT2D eigenvalue weighted by Crippen LogP contribution is 2.53. The molecular formula is C70H54N4. The highest BCUT2D eigenvalue weighted by Gasteiger charge is 2.37. The summed E-state index contributed by atoms with van der Waals surface area (Å²) in [7, 11) is 0. The molecule has 2 aliphatic carbocycles. The van der Waals surface area contributed by atoms with Crippen molar-refractivity contribution in [2.45, 2.75) is 38.5 Å². The van der Waals surface area contributed by atoms with Crippen LogP contribution < -0.4 is 9.80 Å². The van der Waals surface area contributed by atoms with Crippen molar-refractivity contribution in [1.29, 1.82) is 0 Å². The first-order chi connectivity index (χ1) is 36.2. The standard InChI is InChI=1S/C70H54N4/c1-69(2)65-39-49(25-33-61(65)63-35-31-57(43-67(63)69)73(59-15-9-37-71-45-59)55-29-27-51-11-5-7-13-53(51)41-55)23-21-47-17-19-48(20-18-47)22-24-50-26-34-62-64-36-32-58(44-68(64)70(3,4)66(62)40-50)74(60-16-10-38-72-46-60)56-30-28-52-12-6-8-14-54(52)42-56/h5-46H,1-4H3/b23-21+,24-22+. The van der Waals surface area contributed by atoms with E-state index >= 15 is 0 Å². The third-order valence-electron chi connectivity index (χ3n) is 15.5. The molecule has 2 aromatic heterocycles. The van der Waals surface area contributed by atoms with E-state index in [1.165, 1.54) is 77.2 Å². The van der Waals surface area contributed by atoms with Crippen molar-refractivity contribution in [2.24, 2.45) is 0 Å². The zero-order valence-corrected chi connectivity index (χ0v) is 42.0. The average Bonchev–Trinajstić information content (AvgIpc) is 3.80. The van der Waals surface area contributed by atoms with Gasteiger partial charge in [-0.15, -0.1) is 0 Å². The molecule has 0 spiro atoms. The second kappa shape index (κ2) is 17.9. The monoisotopic (exact) mass is 950 g/mol. The fourth-order valence-electron chi connectivity index (χ4n) is 11.6. The molecule has 0 saturated heterocycles. The van der Waals surface area contributed by atoms with Crippen molar-refractivity contribution in [3.05, 3.63) is 276 Å². The van der Waals surface area contributed by atoms with E-state index in [0.717, 1.165) is 45.3 Å². The first kappa shape index (κ1) is 44.8. The van der Waals surface area contributed by atoms with E-state index in [4.69, 9.17) is 0 Å². The largest absolute Gasteiger partial charge is 0.309 e. The summed E-state index contributed by atoms with van der Waals surface area (Å²) < 4.78 is 0. The molecule has 0 atom stereocenters. The molecule has 0 unspecified atom stereocenters. The maximum Gasteiger partial charge on any atom is 0.0644 e. The lowest BCUT2D eigenvalue weighted by atomic mass is 9.81. The van der Waals surface area contributed by atoms with Gasteiger partial charge >= 0.3 is 0 Å². The summed E-state index contributed by atoms with van der Waals surface area (Å²) in [5.41, 5.74) is 21.4. The lowest BCUT2D eigenvalue weighted by Crippen LogP contribution is -2.16. The van der Waals surface area contributed by atoms with Gasteiger partial charge in [0.15, 0.2) is 0 Å². The summed E-state index contributed by atoms with van der Waals surface area (Å²) in [6, 6.07) is 75.3. The minimum absolute atomic E-state index is 0.188. The highest BCUT2D eigenvalue weighted by atomic mass is 15.2. The highest BCUT2D eigenvalue weighted by molar-refractivity contribution is 5.93. The lowest BCUT2D eigenvalue weighted by Gasteiger charge is -2.28. The Morgan fingerprint density at radius 3 is 1.04 bits per heavy atom. The van der Waals surface area contributed by atoms with E-state index in [9.17, 15) is 0 Å². The van der Waals surface area contributed by atoms with Gasteiger partial charge in [0.25, 0.3) is 0 Å². The van der Waals surface area contributed by atoms with Gasteiger partial charge in [-0.3, -0.25) is 9.97 Å². The van der Waals surface area contributed by atoms with Crippen LogP contribution in [0.15, 0.2) is 231 Å². The minimum Gasteiger partial charge on any atom is -0.309 e. The van der Waals surface area contributed by atoms with Crippen molar-refractivity contribution < 1.29 is 0 Å². The van der Waals surface area contributed by atoms with Crippen LogP contribution in [0.3, 0.4) is 0 Å². The summed E-state index contributed by atoms with van der Waals surface area (Å²) >= 11 is 0. The van der Waals surface area contributed by atoms with Gasteiger partial charge < -0.3 is 9.80 Å². The molecule has 0 saturated carbocycles. The smallest absolute Gasteiger partial charge is 0.0644 e. The molecule has 2 aliphatic rings. The average molecular weight is 951 g/mol. The molecule has 4 heteroatoms. The summed E-state index contributed by atoms with van der Waals surface area (Å²) in [5, 5.41) is 4.87.